The van der Waals surface area contributed by atoms with Gasteiger partial charge in [-0.2, -0.15) is 0 Å². The van der Waals surface area contributed by atoms with Gasteiger partial charge < -0.3 is 9.64 Å². The standard InChI is InChI=1S/C24H29FN4O3/c1-15-18-11-12-20(30)29(14-16-7-9-17(25)10-8-16)22(18)27-21(26-15)19-6-5-13-28(19)23(31)24(2,3)32-4/h7-10,19H,5-6,11-14H2,1-4H3/t19-/m1/s1. The molecule has 1 aromatic carbocycles. The maximum absolute atomic E-state index is 13.3. The number of amides is 2. The van der Waals surface area contributed by atoms with Crippen molar-refractivity contribution < 1.29 is 18.7 Å². The molecule has 0 bridgehead atoms. The molecule has 7 nitrogen and oxygen atoms in total. The first-order valence-corrected chi connectivity index (χ1v) is 11.0. The number of halogens is 1. The Balaban J connectivity index is 1.70. The summed E-state index contributed by atoms with van der Waals surface area (Å²) in [5, 5.41) is 0. The van der Waals surface area contributed by atoms with Gasteiger partial charge in [0.1, 0.15) is 17.2 Å². The summed E-state index contributed by atoms with van der Waals surface area (Å²) in [5.41, 5.74) is 1.66. The van der Waals surface area contributed by atoms with E-state index in [-0.39, 0.29) is 23.7 Å². The highest BCUT2D eigenvalue weighted by atomic mass is 19.1. The van der Waals surface area contributed by atoms with Gasteiger partial charge in [-0.05, 0) is 57.7 Å². The van der Waals surface area contributed by atoms with Crippen molar-refractivity contribution in [2.24, 2.45) is 0 Å². The number of anilines is 1. The van der Waals surface area contributed by atoms with Crippen LogP contribution in [0.2, 0.25) is 0 Å². The zero-order valence-electron chi connectivity index (χ0n) is 19.0. The van der Waals surface area contributed by atoms with Crippen molar-refractivity contribution >= 4 is 17.6 Å². The molecule has 1 fully saturated rings. The molecule has 0 unspecified atom stereocenters. The van der Waals surface area contributed by atoms with Gasteiger partial charge in [0.25, 0.3) is 5.91 Å². The van der Waals surface area contributed by atoms with Gasteiger partial charge >= 0.3 is 0 Å². The third-order valence-electron chi connectivity index (χ3n) is 6.45. The maximum Gasteiger partial charge on any atom is 0.254 e. The first kappa shape index (κ1) is 22.3. The van der Waals surface area contributed by atoms with Gasteiger partial charge in [-0.15, -0.1) is 0 Å². The monoisotopic (exact) mass is 440 g/mol. The van der Waals surface area contributed by atoms with Crippen LogP contribution in [-0.4, -0.2) is 45.9 Å². The van der Waals surface area contributed by atoms with Gasteiger partial charge in [0, 0.05) is 31.3 Å². The second-order valence-corrected chi connectivity index (χ2v) is 8.95. The normalized spacial score (nSPS) is 18.8. The number of hydrogen-bond acceptors (Lipinski definition) is 5. The summed E-state index contributed by atoms with van der Waals surface area (Å²) in [5.74, 6) is 0.715. The summed E-state index contributed by atoms with van der Waals surface area (Å²) >= 11 is 0. The minimum absolute atomic E-state index is 0.0225. The summed E-state index contributed by atoms with van der Waals surface area (Å²) in [6.45, 7) is 6.37. The van der Waals surface area contributed by atoms with E-state index >= 15 is 0 Å². The minimum atomic E-state index is -0.934. The molecule has 0 aliphatic carbocycles. The predicted octanol–water partition coefficient (Wildman–Crippen LogP) is 3.49. The van der Waals surface area contributed by atoms with Crippen LogP contribution in [0.1, 0.15) is 61.8 Å². The van der Waals surface area contributed by atoms with Gasteiger partial charge in [-0.1, -0.05) is 12.1 Å². The van der Waals surface area contributed by atoms with E-state index in [0.29, 0.717) is 37.6 Å². The maximum atomic E-state index is 13.3. The topological polar surface area (TPSA) is 75.6 Å². The molecule has 4 rings (SSSR count). The van der Waals surface area contributed by atoms with Crippen LogP contribution >= 0.6 is 0 Å². The number of hydrogen-bond donors (Lipinski definition) is 0. The zero-order valence-corrected chi connectivity index (χ0v) is 19.0. The molecule has 170 valence electrons. The number of aromatic nitrogens is 2. The lowest BCUT2D eigenvalue weighted by Crippen LogP contribution is -2.46. The molecular weight excluding hydrogens is 411 g/mol. The van der Waals surface area contributed by atoms with Crippen molar-refractivity contribution in [3.05, 3.63) is 52.7 Å². The number of carbonyl (C=O) groups is 2. The summed E-state index contributed by atoms with van der Waals surface area (Å²) in [6.07, 6.45) is 2.58. The third kappa shape index (κ3) is 4.11. The fourth-order valence-corrected chi connectivity index (χ4v) is 4.40. The van der Waals surface area contributed by atoms with E-state index in [2.05, 4.69) is 0 Å². The van der Waals surface area contributed by atoms with E-state index in [1.165, 1.54) is 19.2 Å². The Morgan fingerprint density at radius 3 is 2.62 bits per heavy atom. The molecule has 0 N–H and O–H groups in total. The Hall–Kier alpha value is -2.87. The van der Waals surface area contributed by atoms with Crippen molar-refractivity contribution in [1.82, 2.24) is 14.9 Å². The first-order valence-electron chi connectivity index (χ1n) is 11.0. The molecule has 1 saturated heterocycles. The van der Waals surface area contributed by atoms with Crippen molar-refractivity contribution in [1.29, 1.82) is 0 Å². The van der Waals surface area contributed by atoms with Gasteiger partial charge in [0.2, 0.25) is 5.91 Å². The van der Waals surface area contributed by atoms with Crippen LogP contribution in [0.3, 0.4) is 0 Å². The van der Waals surface area contributed by atoms with Crippen molar-refractivity contribution in [3.8, 4) is 0 Å². The molecule has 1 aromatic heterocycles. The average molecular weight is 441 g/mol. The number of methoxy groups -OCH3 is 1. The van der Waals surface area contributed by atoms with Crippen LogP contribution in [-0.2, 0) is 27.3 Å². The van der Waals surface area contributed by atoms with Gasteiger partial charge in [-0.25, -0.2) is 14.4 Å². The van der Waals surface area contributed by atoms with E-state index < -0.39 is 5.60 Å². The first-order chi connectivity index (χ1) is 15.2. The molecule has 32 heavy (non-hydrogen) atoms. The molecule has 0 radical (unpaired) electrons. The van der Waals surface area contributed by atoms with E-state index in [4.69, 9.17) is 14.7 Å². The quantitative estimate of drug-likeness (QED) is 0.712. The molecule has 2 aliphatic heterocycles. The molecule has 0 saturated carbocycles. The Labute approximate surface area is 187 Å². The van der Waals surface area contributed by atoms with E-state index in [1.807, 2.05) is 6.92 Å². The summed E-state index contributed by atoms with van der Waals surface area (Å²) in [4.78, 5) is 38.9. The summed E-state index contributed by atoms with van der Waals surface area (Å²) in [7, 11) is 1.53. The Bertz CT molecular complexity index is 1040. The number of fused-ring (bicyclic) bond motifs is 1. The number of aryl methyl sites for hydroxylation is 1. The second-order valence-electron chi connectivity index (χ2n) is 8.95. The molecule has 2 aliphatic rings. The van der Waals surface area contributed by atoms with E-state index in [1.54, 1.807) is 35.8 Å². The number of ether oxygens (including phenoxy) is 1. The highest BCUT2D eigenvalue weighted by molar-refractivity contribution is 5.95. The van der Waals surface area contributed by atoms with Crippen LogP contribution in [0.4, 0.5) is 10.2 Å². The largest absolute Gasteiger partial charge is 0.369 e. The van der Waals surface area contributed by atoms with Gasteiger partial charge in [0.05, 0.1) is 12.6 Å². The molecule has 0 spiro atoms. The Morgan fingerprint density at radius 1 is 1.22 bits per heavy atom. The number of benzene rings is 1. The van der Waals surface area contributed by atoms with Crippen LogP contribution in [0, 0.1) is 12.7 Å². The summed E-state index contributed by atoms with van der Waals surface area (Å²) in [6, 6.07) is 5.87. The minimum Gasteiger partial charge on any atom is -0.369 e. The molecule has 1 atom stereocenters. The Kier molecular flexibility index (Phi) is 5.99. The number of rotatable bonds is 5. The van der Waals surface area contributed by atoms with Crippen LogP contribution in [0.15, 0.2) is 24.3 Å². The van der Waals surface area contributed by atoms with Crippen LogP contribution in [0.25, 0.3) is 0 Å². The summed E-state index contributed by atoms with van der Waals surface area (Å²) < 4.78 is 18.7. The van der Waals surface area contributed by atoms with Crippen molar-refractivity contribution in [2.45, 2.75) is 64.6 Å². The average Bonchev–Trinajstić information content (AvgIpc) is 3.26. The van der Waals surface area contributed by atoms with Crippen LogP contribution in [0.5, 0.6) is 0 Å². The number of nitrogens with zero attached hydrogens (tertiary/aromatic N) is 4. The SMILES string of the molecule is COC(C)(C)C(=O)N1CCC[C@@H]1c1nc(C)c2c(n1)N(Cc1ccc(F)cc1)C(=O)CC2. The lowest BCUT2D eigenvalue weighted by atomic mass is 10.0. The van der Waals surface area contributed by atoms with Crippen molar-refractivity contribution in [2.75, 3.05) is 18.6 Å². The lowest BCUT2D eigenvalue weighted by Gasteiger charge is -2.33. The number of carbonyl (C=O) groups excluding carboxylic acids is 2. The second kappa shape index (κ2) is 8.58. The zero-order chi connectivity index (χ0) is 23.0. The fraction of sp³-hybridized carbons (Fsp3) is 0.500. The predicted molar refractivity (Wildman–Crippen MR) is 117 cm³/mol. The molecule has 3 heterocycles. The smallest absolute Gasteiger partial charge is 0.254 e. The van der Waals surface area contributed by atoms with E-state index in [9.17, 15) is 14.0 Å². The fourth-order valence-electron chi connectivity index (χ4n) is 4.40. The van der Waals surface area contributed by atoms with E-state index in [0.717, 1.165) is 29.7 Å². The third-order valence-corrected chi connectivity index (χ3v) is 6.45. The molecule has 8 heteroatoms. The van der Waals surface area contributed by atoms with Crippen molar-refractivity contribution in [3.63, 3.8) is 0 Å². The lowest BCUT2D eigenvalue weighted by molar-refractivity contribution is -0.152. The van der Waals surface area contributed by atoms with Gasteiger partial charge in [0.15, 0.2) is 5.82 Å². The Morgan fingerprint density at radius 2 is 1.94 bits per heavy atom. The highest BCUT2D eigenvalue weighted by Crippen LogP contribution is 2.36. The van der Waals surface area contributed by atoms with Gasteiger partial charge in [-0.3, -0.25) is 14.5 Å². The molecular formula is C24H29FN4O3. The number of likely N-dealkylation sites (tertiary alicyclic amines) is 1. The molecule has 2 amide bonds. The molecule has 2 aromatic rings. The highest BCUT2D eigenvalue weighted by Gasteiger charge is 2.40. The van der Waals surface area contributed by atoms with Crippen LogP contribution < -0.4 is 4.90 Å².